The summed E-state index contributed by atoms with van der Waals surface area (Å²) in [6.45, 7) is 0.0816. The van der Waals surface area contributed by atoms with Crippen LogP contribution in [-0.2, 0) is 6.42 Å². The van der Waals surface area contributed by atoms with Crippen molar-refractivity contribution in [1.82, 2.24) is 0 Å². The van der Waals surface area contributed by atoms with Crippen molar-refractivity contribution in [2.24, 2.45) is 0 Å². The minimum Gasteiger partial charge on any atom is -0.508 e. The van der Waals surface area contributed by atoms with E-state index in [1.54, 1.807) is 12.1 Å². The standard InChI is InChI=1S/C15H15BrO2/c16-15-7-2-1-6-14(15)12(10-17)8-11-4-3-5-13(18)9-11/h1-7,9,12,17-18H,8,10H2. The summed E-state index contributed by atoms with van der Waals surface area (Å²) in [4.78, 5) is 0. The maximum Gasteiger partial charge on any atom is 0.115 e. The molecule has 1 unspecified atom stereocenters. The molecule has 0 saturated heterocycles. The van der Waals surface area contributed by atoms with Crippen molar-refractivity contribution in [2.45, 2.75) is 12.3 Å². The van der Waals surface area contributed by atoms with Crippen LogP contribution in [-0.4, -0.2) is 16.8 Å². The van der Waals surface area contributed by atoms with E-state index in [1.165, 1.54) is 0 Å². The molecule has 0 fully saturated rings. The van der Waals surface area contributed by atoms with E-state index in [0.717, 1.165) is 15.6 Å². The number of rotatable bonds is 4. The van der Waals surface area contributed by atoms with E-state index in [-0.39, 0.29) is 18.3 Å². The number of phenols is 1. The maximum atomic E-state index is 9.55. The lowest BCUT2D eigenvalue weighted by Crippen LogP contribution is -2.08. The molecule has 2 aromatic carbocycles. The zero-order valence-electron chi connectivity index (χ0n) is 9.88. The van der Waals surface area contributed by atoms with E-state index < -0.39 is 0 Å². The van der Waals surface area contributed by atoms with Crippen LogP contribution in [0.1, 0.15) is 17.0 Å². The predicted octanol–water partition coefficient (Wildman–Crippen LogP) is 3.47. The van der Waals surface area contributed by atoms with Crippen LogP contribution in [0.15, 0.2) is 53.0 Å². The first-order valence-corrected chi connectivity index (χ1v) is 6.63. The van der Waals surface area contributed by atoms with Crippen molar-refractivity contribution in [2.75, 3.05) is 6.61 Å². The largest absolute Gasteiger partial charge is 0.508 e. The van der Waals surface area contributed by atoms with Crippen molar-refractivity contribution in [1.29, 1.82) is 0 Å². The molecule has 0 aliphatic carbocycles. The van der Waals surface area contributed by atoms with Gasteiger partial charge in [0.15, 0.2) is 0 Å². The van der Waals surface area contributed by atoms with Crippen LogP contribution in [0.25, 0.3) is 0 Å². The molecule has 0 saturated carbocycles. The van der Waals surface area contributed by atoms with Crippen LogP contribution in [0.4, 0.5) is 0 Å². The van der Waals surface area contributed by atoms with Crippen molar-refractivity contribution < 1.29 is 10.2 Å². The molecule has 18 heavy (non-hydrogen) atoms. The second kappa shape index (κ2) is 6.03. The van der Waals surface area contributed by atoms with Gasteiger partial charge in [0.2, 0.25) is 0 Å². The van der Waals surface area contributed by atoms with Gasteiger partial charge in [0, 0.05) is 10.4 Å². The summed E-state index contributed by atoms with van der Waals surface area (Å²) in [6.07, 6.45) is 0.702. The maximum absolute atomic E-state index is 9.55. The molecule has 0 amide bonds. The van der Waals surface area contributed by atoms with Crippen molar-refractivity contribution >= 4 is 15.9 Å². The van der Waals surface area contributed by atoms with Gasteiger partial charge in [-0.15, -0.1) is 0 Å². The Kier molecular flexibility index (Phi) is 4.39. The zero-order valence-corrected chi connectivity index (χ0v) is 11.5. The quantitative estimate of drug-likeness (QED) is 0.908. The fourth-order valence-corrected chi connectivity index (χ4v) is 2.66. The smallest absolute Gasteiger partial charge is 0.115 e. The molecule has 2 N–H and O–H groups in total. The van der Waals surface area contributed by atoms with Gasteiger partial charge in [-0.2, -0.15) is 0 Å². The molecule has 0 spiro atoms. The van der Waals surface area contributed by atoms with Crippen LogP contribution >= 0.6 is 15.9 Å². The third-order valence-corrected chi connectivity index (χ3v) is 3.68. The average molecular weight is 307 g/mol. The summed E-state index contributed by atoms with van der Waals surface area (Å²) < 4.78 is 1.00. The minimum absolute atomic E-state index is 0.0300. The van der Waals surface area contributed by atoms with Crippen LogP contribution in [0.2, 0.25) is 0 Å². The second-order valence-electron chi connectivity index (χ2n) is 4.28. The number of hydrogen-bond donors (Lipinski definition) is 2. The summed E-state index contributed by atoms with van der Waals surface area (Å²) in [5.74, 6) is 0.290. The first-order valence-electron chi connectivity index (χ1n) is 5.84. The molecule has 0 radical (unpaired) electrons. The Bertz CT molecular complexity index is 525. The highest BCUT2D eigenvalue weighted by atomic mass is 79.9. The SMILES string of the molecule is OCC(Cc1cccc(O)c1)c1ccccc1Br. The van der Waals surface area contributed by atoms with Gasteiger partial charge in [-0.25, -0.2) is 0 Å². The number of benzene rings is 2. The molecule has 0 aromatic heterocycles. The van der Waals surface area contributed by atoms with Gasteiger partial charge in [0.25, 0.3) is 0 Å². The Morgan fingerprint density at radius 3 is 2.50 bits per heavy atom. The van der Waals surface area contributed by atoms with Gasteiger partial charge in [-0.05, 0) is 35.7 Å². The molecule has 94 valence electrons. The van der Waals surface area contributed by atoms with Gasteiger partial charge in [0.1, 0.15) is 5.75 Å². The Balaban J connectivity index is 2.23. The Hall–Kier alpha value is -1.32. The van der Waals surface area contributed by atoms with Gasteiger partial charge >= 0.3 is 0 Å². The second-order valence-corrected chi connectivity index (χ2v) is 5.13. The van der Waals surface area contributed by atoms with Crippen LogP contribution in [0, 0.1) is 0 Å². The number of hydrogen-bond acceptors (Lipinski definition) is 2. The third kappa shape index (κ3) is 3.12. The van der Waals surface area contributed by atoms with E-state index in [0.29, 0.717) is 6.42 Å². The Morgan fingerprint density at radius 2 is 1.83 bits per heavy atom. The van der Waals surface area contributed by atoms with Gasteiger partial charge < -0.3 is 10.2 Å². The van der Waals surface area contributed by atoms with Crippen LogP contribution in [0.3, 0.4) is 0 Å². The fourth-order valence-electron chi connectivity index (χ4n) is 2.05. The Labute approximate surface area is 115 Å². The molecule has 0 bridgehead atoms. The molecule has 0 aliphatic rings. The molecular formula is C15H15BrO2. The predicted molar refractivity (Wildman–Crippen MR) is 75.8 cm³/mol. The number of aliphatic hydroxyl groups is 1. The summed E-state index contributed by atoms with van der Waals surface area (Å²) >= 11 is 3.51. The molecule has 1 atom stereocenters. The fraction of sp³-hybridized carbons (Fsp3) is 0.200. The molecular weight excluding hydrogens is 292 g/mol. The highest BCUT2D eigenvalue weighted by Crippen LogP contribution is 2.28. The van der Waals surface area contributed by atoms with E-state index in [9.17, 15) is 10.2 Å². The molecule has 3 heteroatoms. The molecule has 2 aromatic rings. The topological polar surface area (TPSA) is 40.5 Å². The molecule has 0 heterocycles. The van der Waals surface area contributed by atoms with Crippen molar-refractivity contribution in [3.05, 3.63) is 64.1 Å². The molecule has 2 rings (SSSR count). The van der Waals surface area contributed by atoms with E-state index in [4.69, 9.17) is 0 Å². The highest BCUT2D eigenvalue weighted by Gasteiger charge is 2.14. The first kappa shape index (κ1) is 13.1. The molecule has 2 nitrogen and oxygen atoms in total. The lowest BCUT2D eigenvalue weighted by Gasteiger charge is -2.16. The highest BCUT2D eigenvalue weighted by molar-refractivity contribution is 9.10. The van der Waals surface area contributed by atoms with E-state index >= 15 is 0 Å². The zero-order chi connectivity index (χ0) is 13.0. The van der Waals surface area contributed by atoms with Gasteiger partial charge in [-0.1, -0.05) is 46.3 Å². The number of phenolic OH excluding ortho intramolecular Hbond substituents is 1. The summed E-state index contributed by atoms with van der Waals surface area (Å²) in [6, 6.07) is 15.1. The first-order chi connectivity index (χ1) is 8.70. The van der Waals surface area contributed by atoms with Gasteiger partial charge in [-0.3, -0.25) is 0 Å². The van der Waals surface area contributed by atoms with E-state index in [2.05, 4.69) is 15.9 Å². The number of aliphatic hydroxyl groups excluding tert-OH is 1. The van der Waals surface area contributed by atoms with Crippen molar-refractivity contribution in [3.8, 4) is 5.75 Å². The monoisotopic (exact) mass is 306 g/mol. The minimum atomic E-state index is 0.0300. The summed E-state index contributed by atoms with van der Waals surface area (Å²) in [5.41, 5.74) is 2.10. The number of aromatic hydroxyl groups is 1. The van der Waals surface area contributed by atoms with Gasteiger partial charge in [0.05, 0.1) is 6.61 Å². The lowest BCUT2D eigenvalue weighted by molar-refractivity contribution is 0.264. The number of halogens is 1. The molecule has 0 aliphatic heterocycles. The van der Waals surface area contributed by atoms with Crippen molar-refractivity contribution in [3.63, 3.8) is 0 Å². The van der Waals surface area contributed by atoms with Crippen LogP contribution < -0.4 is 0 Å². The lowest BCUT2D eigenvalue weighted by atomic mass is 9.93. The third-order valence-electron chi connectivity index (χ3n) is 2.96. The normalized spacial score (nSPS) is 12.3. The van der Waals surface area contributed by atoms with E-state index in [1.807, 2.05) is 36.4 Å². The summed E-state index contributed by atoms with van der Waals surface area (Å²) in [7, 11) is 0. The Morgan fingerprint density at radius 1 is 1.06 bits per heavy atom. The van der Waals surface area contributed by atoms with Crippen LogP contribution in [0.5, 0.6) is 5.75 Å². The average Bonchev–Trinajstić information content (AvgIpc) is 2.37. The summed E-state index contributed by atoms with van der Waals surface area (Å²) in [5, 5.41) is 19.0.